The highest BCUT2D eigenvalue weighted by Crippen LogP contribution is 2.40. The van der Waals surface area contributed by atoms with Crippen molar-refractivity contribution >= 4 is 11.6 Å². The van der Waals surface area contributed by atoms with E-state index in [2.05, 4.69) is 6.92 Å². The second-order valence-electron chi connectivity index (χ2n) is 4.76. The van der Waals surface area contributed by atoms with Crippen LogP contribution in [0.2, 0.25) is 5.02 Å². The molecule has 0 bridgehead atoms. The molecule has 0 spiro atoms. The number of fused-ring (bicyclic) bond motifs is 1. The fourth-order valence-corrected chi connectivity index (χ4v) is 3.08. The molecule has 3 heteroatoms. The Bertz CT molecular complexity index is 427. The lowest BCUT2D eigenvalue weighted by atomic mass is 9.85. The zero-order valence-corrected chi connectivity index (χ0v) is 11.0. The van der Waals surface area contributed by atoms with E-state index in [1.807, 2.05) is 0 Å². The highest BCUT2D eigenvalue weighted by atomic mass is 35.5. The Kier molecular flexibility index (Phi) is 3.95. The van der Waals surface area contributed by atoms with E-state index < -0.39 is 0 Å². The average Bonchev–Trinajstić information content (AvgIpc) is 2.36. The minimum Gasteiger partial charge on any atom is -0.506 e. The van der Waals surface area contributed by atoms with E-state index in [4.69, 9.17) is 16.7 Å². The van der Waals surface area contributed by atoms with Crippen molar-refractivity contribution in [3.8, 4) is 5.75 Å². The van der Waals surface area contributed by atoms with Crippen molar-refractivity contribution < 1.29 is 10.2 Å². The average molecular weight is 255 g/mol. The van der Waals surface area contributed by atoms with Gasteiger partial charge in [0.2, 0.25) is 0 Å². The van der Waals surface area contributed by atoms with Crippen LogP contribution in [0, 0.1) is 6.92 Å². The molecule has 0 aliphatic heterocycles. The van der Waals surface area contributed by atoms with E-state index in [-0.39, 0.29) is 12.4 Å². The van der Waals surface area contributed by atoms with E-state index >= 15 is 0 Å². The van der Waals surface area contributed by atoms with Crippen LogP contribution >= 0.6 is 11.6 Å². The van der Waals surface area contributed by atoms with Crippen molar-refractivity contribution in [1.82, 2.24) is 0 Å². The Balaban J connectivity index is 2.49. The maximum atomic E-state index is 10.1. The summed E-state index contributed by atoms with van der Waals surface area (Å²) >= 11 is 6.25. The van der Waals surface area contributed by atoms with Gasteiger partial charge in [-0.1, -0.05) is 11.6 Å². The second kappa shape index (κ2) is 5.28. The molecule has 1 aromatic rings. The molecule has 0 saturated heterocycles. The largest absolute Gasteiger partial charge is 0.506 e. The number of aliphatic hydroxyl groups excluding tert-OH is 1. The van der Waals surface area contributed by atoms with Gasteiger partial charge in [-0.15, -0.1) is 0 Å². The van der Waals surface area contributed by atoms with Gasteiger partial charge in [0.05, 0.1) is 5.02 Å². The maximum absolute atomic E-state index is 10.1. The van der Waals surface area contributed by atoms with Crippen molar-refractivity contribution in [2.24, 2.45) is 0 Å². The maximum Gasteiger partial charge on any atom is 0.137 e. The minimum absolute atomic E-state index is 0.146. The molecular weight excluding hydrogens is 236 g/mol. The quantitative estimate of drug-likeness (QED) is 0.870. The first kappa shape index (κ1) is 12.7. The number of phenolic OH excluding ortho intramolecular Hbond substituents is 1. The predicted octanol–water partition coefficient (Wildman–Crippen LogP) is 3.16. The van der Waals surface area contributed by atoms with Gasteiger partial charge in [-0.3, -0.25) is 0 Å². The number of hydrogen-bond donors (Lipinski definition) is 2. The predicted molar refractivity (Wildman–Crippen MR) is 69.9 cm³/mol. The summed E-state index contributed by atoms with van der Waals surface area (Å²) in [5, 5.41) is 19.6. The molecule has 1 aliphatic rings. The molecule has 0 heterocycles. The topological polar surface area (TPSA) is 40.5 Å². The first-order valence-electron chi connectivity index (χ1n) is 6.29. The number of aromatic hydroxyl groups is 1. The van der Waals surface area contributed by atoms with Crippen molar-refractivity contribution in [1.29, 1.82) is 0 Å². The molecule has 0 fully saturated rings. The minimum atomic E-state index is 0.146. The molecule has 0 unspecified atom stereocenters. The van der Waals surface area contributed by atoms with Crippen molar-refractivity contribution in [2.75, 3.05) is 6.61 Å². The Morgan fingerprint density at radius 1 is 1.18 bits per heavy atom. The van der Waals surface area contributed by atoms with Crippen LogP contribution in [-0.4, -0.2) is 16.8 Å². The van der Waals surface area contributed by atoms with E-state index in [1.165, 1.54) is 17.5 Å². The Labute approximate surface area is 107 Å². The van der Waals surface area contributed by atoms with E-state index in [0.717, 1.165) is 30.4 Å². The fourth-order valence-electron chi connectivity index (χ4n) is 2.76. The van der Waals surface area contributed by atoms with Crippen LogP contribution in [0.25, 0.3) is 0 Å². The van der Waals surface area contributed by atoms with Crippen molar-refractivity contribution in [3.05, 3.63) is 27.3 Å². The summed E-state index contributed by atoms with van der Waals surface area (Å²) in [6, 6.07) is 0. The third-order valence-corrected chi connectivity index (χ3v) is 4.12. The molecule has 2 N–H and O–H groups in total. The van der Waals surface area contributed by atoms with Gasteiger partial charge in [0.1, 0.15) is 5.75 Å². The number of phenols is 1. The summed E-state index contributed by atoms with van der Waals surface area (Å²) in [4.78, 5) is 0. The van der Waals surface area contributed by atoms with Gasteiger partial charge in [0, 0.05) is 6.61 Å². The summed E-state index contributed by atoms with van der Waals surface area (Å²) in [6.07, 6.45) is 5.76. The summed E-state index contributed by atoms with van der Waals surface area (Å²) in [6.45, 7) is 2.21. The summed E-state index contributed by atoms with van der Waals surface area (Å²) in [7, 11) is 0. The van der Waals surface area contributed by atoms with E-state index in [1.54, 1.807) is 0 Å². The van der Waals surface area contributed by atoms with Crippen molar-refractivity contribution in [2.45, 2.75) is 45.4 Å². The molecule has 17 heavy (non-hydrogen) atoms. The van der Waals surface area contributed by atoms with Gasteiger partial charge >= 0.3 is 0 Å². The third-order valence-electron chi connectivity index (χ3n) is 3.72. The molecule has 2 rings (SSSR count). The highest BCUT2D eigenvalue weighted by Gasteiger charge is 2.21. The molecular formula is C14H19ClO2. The van der Waals surface area contributed by atoms with Gasteiger partial charge in [-0.2, -0.15) is 0 Å². The highest BCUT2D eigenvalue weighted by molar-refractivity contribution is 6.33. The molecule has 1 aliphatic carbocycles. The lowest BCUT2D eigenvalue weighted by molar-refractivity contribution is 0.288. The van der Waals surface area contributed by atoms with Crippen molar-refractivity contribution in [3.63, 3.8) is 0 Å². The van der Waals surface area contributed by atoms with E-state index in [9.17, 15) is 5.11 Å². The summed E-state index contributed by atoms with van der Waals surface area (Å²) < 4.78 is 0. The summed E-state index contributed by atoms with van der Waals surface area (Å²) in [5.41, 5.74) is 4.56. The lowest BCUT2D eigenvalue weighted by Gasteiger charge is -2.23. The Morgan fingerprint density at radius 3 is 2.47 bits per heavy atom. The van der Waals surface area contributed by atoms with Crippen LogP contribution in [-0.2, 0) is 19.3 Å². The van der Waals surface area contributed by atoms with E-state index in [0.29, 0.717) is 17.9 Å². The SMILES string of the molecule is Cc1c(CCCO)c(O)c(Cl)c2c1CCCC2. The molecule has 0 aromatic heterocycles. The van der Waals surface area contributed by atoms with Gasteiger partial charge in [0.15, 0.2) is 0 Å². The first-order chi connectivity index (χ1) is 8.16. The molecule has 0 radical (unpaired) electrons. The number of hydrogen-bond acceptors (Lipinski definition) is 2. The van der Waals surface area contributed by atoms with Gasteiger partial charge in [-0.25, -0.2) is 0 Å². The van der Waals surface area contributed by atoms with Gasteiger partial charge in [-0.05, 0) is 67.7 Å². The standard InChI is InChI=1S/C14H19ClO2/c1-9-10-5-2-3-6-12(10)13(15)14(17)11(9)7-4-8-16/h16-17H,2-8H2,1H3. The number of benzene rings is 1. The first-order valence-corrected chi connectivity index (χ1v) is 6.67. The lowest BCUT2D eigenvalue weighted by Crippen LogP contribution is -2.09. The number of rotatable bonds is 3. The molecule has 2 nitrogen and oxygen atoms in total. The van der Waals surface area contributed by atoms with Crippen LogP contribution in [0.5, 0.6) is 5.75 Å². The summed E-state index contributed by atoms with van der Waals surface area (Å²) in [5.74, 6) is 0.235. The Hall–Kier alpha value is -0.730. The number of halogens is 1. The molecule has 0 saturated carbocycles. The molecule has 1 aromatic carbocycles. The zero-order valence-electron chi connectivity index (χ0n) is 10.2. The smallest absolute Gasteiger partial charge is 0.137 e. The Morgan fingerprint density at radius 2 is 1.82 bits per heavy atom. The van der Waals surface area contributed by atoms with Gasteiger partial charge < -0.3 is 10.2 Å². The number of aliphatic hydroxyl groups is 1. The molecule has 0 amide bonds. The zero-order chi connectivity index (χ0) is 12.4. The molecule has 0 atom stereocenters. The van der Waals surface area contributed by atoms with Crippen LogP contribution in [0.15, 0.2) is 0 Å². The third kappa shape index (κ3) is 2.29. The van der Waals surface area contributed by atoms with Crippen LogP contribution < -0.4 is 0 Å². The second-order valence-corrected chi connectivity index (χ2v) is 5.14. The van der Waals surface area contributed by atoms with Crippen LogP contribution in [0.3, 0.4) is 0 Å². The van der Waals surface area contributed by atoms with Crippen LogP contribution in [0.1, 0.15) is 41.5 Å². The van der Waals surface area contributed by atoms with Crippen LogP contribution in [0.4, 0.5) is 0 Å². The molecule has 94 valence electrons. The monoisotopic (exact) mass is 254 g/mol. The normalized spacial score (nSPS) is 14.8. The van der Waals surface area contributed by atoms with Gasteiger partial charge in [0.25, 0.3) is 0 Å². The fraction of sp³-hybridized carbons (Fsp3) is 0.571.